The number of rotatable bonds is 3. The van der Waals surface area contributed by atoms with Gasteiger partial charge in [-0.3, -0.25) is 20.1 Å². The van der Waals surface area contributed by atoms with Gasteiger partial charge in [-0.05, 0) is 40.3 Å². The van der Waals surface area contributed by atoms with E-state index in [0.29, 0.717) is 11.3 Å². The summed E-state index contributed by atoms with van der Waals surface area (Å²) in [7, 11) is 0. The summed E-state index contributed by atoms with van der Waals surface area (Å²) in [6.45, 7) is 0.332. The molecule has 114 valence electrons. The summed E-state index contributed by atoms with van der Waals surface area (Å²) in [5.41, 5.74) is 3.39. The van der Waals surface area contributed by atoms with E-state index in [1.165, 1.54) is 11.0 Å². The third-order valence-electron chi connectivity index (χ3n) is 3.42. The molecule has 2 aromatic rings. The molecule has 0 aliphatic carbocycles. The van der Waals surface area contributed by atoms with Crippen LogP contribution in [0.25, 0.3) is 0 Å². The molecule has 0 bridgehead atoms. The summed E-state index contributed by atoms with van der Waals surface area (Å²) in [4.78, 5) is 26.1. The first-order valence-corrected chi connectivity index (χ1v) is 7.74. The van der Waals surface area contributed by atoms with Gasteiger partial charge in [0, 0.05) is 17.4 Å². The van der Waals surface area contributed by atoms with Gasteiger partial charge in [0.2, 0.25) is 16.6 Å². The molecule has 0 spiro atoms. The highest BCUT2D eigenvalue weighted by molar-refractivity contribution is 9.10. The topological polar surface area (TPSA) is 83.0 Å². The Morgan fingerprint density at radius 1 is 1.45 bits per heavy atom. The van der Waals surface area contributed by atoms with Crippen LogP contribution >= 0.6 is 28.1 Å². The molecule has 7 nitrogen and oxygen atoms in total. The molecule has 0 unspecified atom stereocenters. The molecule has 2 N–H and O–H groups in total. The Labute approximate surface area is 139 Å². The van der Waals surface area contributed by atoms with E-state index in [1.54, 1.807) is 4.90 Å². The van der Waals surface area contributed by atoms with Gasteiger partial charge in [0.25, 0.3) is 0 Å². The van der Waals surface area contributed by atoms with Crippen molar-refractivity contribution < 1.29 is 9.59 Å². The first kappa shape index (κ1) is 14.9. The van der Waals surface area contributed by atoms with E-state index >= 15 is 0 Å². The molecule has 9 heteroatoms. The van der Waals surface area contributed by atoms with Gasteiger partial charge in [0.1, 0.15) is 6.33 Å². The second-order valence-electron chi connectivity index (χ2n) is 4.86. The molecule has 1 atom stereocenters. The zero-order valence-electron chi connectivity index (χ0n) is 11.3. The lowest BCUT2D eigenvalue weighted by molar-refractivity contribution is -0.123. The molecule has 1 aliphatic rings. The van der Waals surface area contributed by atoms with Crippen molar-refractivity contribution >= 4 is 45.6 Å². The molecule has 1 saturated heterocycles. The maximum Gasteiger partial charge on any atom is 0.244 e. The molecule has 22 heavy (non-hydrogen) atoms. The van der Waals surface area contributed by atoms with Crippen LogP contribution in [0.4, 0.5) is 5.69 Å². The number of carbonyl (C=O) groups excluding carboxylic acids is 2. The zero-order chi connectivity index (χ0) is 15.7. The van der Waals surface area contributed by atoms with E-state index in [9.17, 15) is 9.59 Å². The van der Waals surface area contributed by atoms with E-state index in [2.05, 4.69) is 31.6 Å². The molecule has 2 heterocycles. The van der Waals surface area contributed by atoms with E-state index < -0.39 is 5.92 Å². The monoisotopic (exact) mass is 381 g/mol. The van der Waals surface area contributed by atoms with Crippen molar-refractivity contribution in [2.45, 2.75) is 6.42 Å². The Kier molecular flexibility index (Phi) is 4.08. The lowest BCUT2D eigenvalue weighted by Gasteiger charge is -2.18. The Balaban J connectivity index is 1.75. The van der Waals surface area contributed by atoms with Crippen LogP contribution in [0.5, 0.6) is 0 Å². The average Bonchev–Trinajstić information content (AvgIpc) is 3.06. The predicted molar refractivity (Wildman–Crippen MR) is 86.4 cm³/mol. The van der Waals surface area contributed by atoms with Crippen molar-refractivity contribution in [1.82, 2.24) is 14.9 Å². The Bertz CT molecular complexity index is 786. The lowest BCUT2D eigenvalue weighted by Crippen LogP contribution is -2.31. The van der Waals surface area contributed by atoms with Crippen molar-refractivity contribution in [2.75, 3.05) is 16.9 Å². The van der Waals surface area contributed by atoms with Gasteiger partial charge in [-0.1, -0.05) is 12.1 Å². The number of nitrogens with zero attached hydrogens (tertiary/aromatic N) is 3. The number of halogens is 1. The van der Waals surface area contributed by atoms with Gasteiger partial charge >= 0.3 is 0 Å². The number of hydrogen-bond acceptors (Lipinski definition) is 4. The lowest BCUT2D eigenvalue weighted by atomic mass is 10.1. The normalized spacial score (nSPS) is 17.8. The largest absolute Gasteiger partial charge is 0.310 e. The molecule has 0 radical (unpaired) electrons. The van der Waals surface area contributed by atoms with Gasteiger partial charge in [0.15, 0.2) is 0 Å². The molecule has 1 aromatic heterocycles. The minimum Gasteiger partial charge on any atom is -0.310 e. The molecule has 2 amide bonds. The zero-order valence-corrected chi connectivity index (χ0v) is 13.7. The fourth-order valence-corrected chi connectivity index (χ4v) is 2.97. The highest BCUT2D eigenvalue weighted by atomic mass is 79.9. The van der Waals surface area contributed by atoms with Crippen LogP contribution in [0.1, 0.15) is 6.42 Å². The highest BCUT2D eigenvalue weighted by Gasteiger charge is 2.36. The molecule has 0 saturated carbocycles. The van der Waals surface area contributed by atoms with E-state index in [4.69, 9.17) is 12.2 Å². The third kappa shape index (κ3) is 2.81. The van der Waals surface area contributed by atoms with E-state index in [0.717, 1.165) is 10.2 Å². The number of benzene rings is 1. The molecule has 3 rings (SSSR count). The van der Waals surface area contributed by atoms with Gasteiger partial charge in [-0.2, -0.15) is 5.10 Å². The predicted octanol–water partition coefficient (Wildman–Crippen LogP) is 1.83. The summed E-state index contributed by atoms with van der Waals surface area (Å²) in [6, 6.07) is 7.43. The fourth-order valence-electron chi connectivity index (χ4n) is 2.32. The smallest absolute Gasteiger partial charge is 0.244 e. The van der Waals surface area contributed by atoms with Gasteiger partial charge in [0.05, 0.1) is 11.6 Å². The SMILES string of the molecule is O=C(Nn1cn[nH]c1=S)[C@@H]1CC(=O)N(c2ccccc2Br)C1. The van der Waals surface area contributed by atoms with Crippen LogP contribution in [0, 0.1) is 10.7 Å². The van der Waals surface area contributed by atoms with Gasteiger partial charge < -0.3 is 4.90 Å². The maximum atomic E-state index is 12.3. The van der Waals surface area contributed by atoms with Gasteiger partial charge in [-0.15, -0.1) is 0 Å². The standard InChI is InChI=1S/C13H12BrN5O2S/c14-9-3-1-2-4-10(9)18-6-8(5-11(18)20)12(21)17-19-7-15-16-13(19)22/h1-4,7-8H,5-6H2,(H,16,22)(H,17,21)/t8-/m1/s1. The maximum absolute atomic E-state index is 12.3. The number of aromatic amines is 1. The van der Waals surface area contributed by atoms with E-state index in [1.807, 2.05) is 24.3 Å². The summed E-state index contributed by atoms with van der Waals surface area (Å²) < 4.78 is 2.44. The summed E-state index contributed by atoms with van der Waals surface area (Å²) >= 11 is 8.39. The van der Waals surface area contributed by atoms with Crippen LogP contribution in [-0.2, 0) is 9.59 Å². The second kappa shape index (κ2) is 6.01. The number of nitrogens with one attached hydrogen (secondary N) is 2. The number of carbonyl (C=O) groups is 2. The second-order valence-corrected chi connectivity index (χ2v) is 6.11. The Hall–Kier alpha value is -2.00. The number of hydrogen-bond donors (Lipinski definition) is 2. The van der Waals surface area contributed by atoms with Crippen molar-refractivity contribution in [3.8, 4) is 0 Å². The Morgan fingerprint density at radius 2 is 2.23 bits per heavy atom. The minimum absolute atomic E-state index is 0.0807. The molecule has 1 aliphatic heterocycles. The molecule has 1 fully saturated rings. The summed E-state index contributed by atoms with van der Waals surface area (Å²) in [5.74, 6) is -0.778. The highest BCUT2D eigenvalue weighted by Crippen LogP contribution is 2.31. The van der Waals surface area contributed by atoms with Gasteiger partial charge in [-0.25, -0.2) is 4.68 Å². The number of para-hydroxylation sites is 1. The molecular formula is C13H12BrN5O2S. The number of H-pyrrole nitrogens is 1. The summed E-state index contributed by atoms with van der Waals surface area (Å²) in [6.07, 6.45) is 1.54. The molecule has 1 aromatic carbocycles. The van der Waals surface area contributed by atoms with Crippen LogP contribution in [0.15, 0.2) is 35.1 Å². The number of aromatic nitrogens is 3. The van der Waals surface area contributed by atoms with E-state index in [-0.39, 0.29) is 18.2 Å². The van der Waals surface area contributed by atoms with Crippen molar-refractivity contribution in [1.29, 1.82) is 0 Å². The average molecular weight is 382 g/mol. The molecular weight excluding hydrogens is 370 g/mol. The third-order valence-corrected chi connectivity index (χ3v) is 4.38. The first-order valence-electron chi connectivity index (χ1n) is 6.54. The van der Waals surface area contributed by atoms with Crippen LogP contribution in [-0.4, -0.2) is 33.2 Å². The minimum atomic E-state index is -0.434. The Morgan fingerprint density at radius 3 is 2.91 bits per heavy atom. The number of anilines is 1. The van der Waals surface area contributed by atoms with Crippen molar-refractivity contribution in [3.05, 3.63) is 39.8 Å². The van der Waals surface area contributed by atoms with Crippen LogP contribution in [0.3, 0.4) is 0 Å². The van der Waals surface area contributed by atoms with Crippen LogP contribution in [0.2, 0.25) is 0 Å². The first-order chi connectivity index (χ1) is 10.6. The van der Waals surface area contributed by atoms with Crippen LogP contribution < -0.4 is 10.3 Å². The van der Waals surface area contributed by atoms with Crippen molar-refractivity contribution in [3.63, 3.8) is 0 Å². The summed E-state index contributed by atoms with van der Waals surface area (Å²) in [5, 5.41) is 6.27. The quantitative estimate of drug-likeness (QED) is 0.794. The van der Waals surface area contributed by atoms with Crippen molar-refractivity contribution in [2.24, 2.45) is 5.92 Å². The fraction of sp³-hybridized carbons (Fsp3) is 0.231. The number of amides is 2.